The highest BCUT2D eigenvalue weighted by molar-refractivity contribution is 6.14. The van der Waals surface area contributed by atoms with E-state index in [9.17, 15) is 5.26 Å². The molecular weight excluding hydrogens is 897 g/mol. The summed E-state index contributed by atoms with van der Waals surface area (Å²) >= 11 is 0. The van der Waals surface area contributed by atoms with Crippen LogP contribution in [0.1, 0.15) is 27.8 Å². The third-order valence-corrected chi connectivity index (χ3v) is 15.2. The zero-order valence-electron chi connectivity index (χ0n) is 41.7. The highest BCUT2D eigenvalue weighted by Gasteiger charge is 2.25. The molecule has 0 saturated carbocycles. The van der Waals surface area contributed by atoms with Crippen LogP contribution in [0.2, 0.25) is 0 Å². The molecule has 0 spiro atoms. The second-order valence-corrected chi connectivity index (χ2v) is 19.6. The van der Waals surface area contributed by atoms with Crippen LogP contribution in [0.4, 0.5) is 0 Å². The van der Waals surface area contributed by atoms with Gasteiger partial charge in [-0.1, -0.05) is 158 Å². The molecule has 74 heavy (non-hydrogen) atoms. The average Bonchev–Trinajstić information content (AvgIpc) is 3.95. The Balaban J connectivity index is 1.14. The minimum atomic E-state index is 0.558. The number of rotatable bonds is 8. The summed E-state index contributed by atoms with van der Waals surface area (Å²) in [6.07, 6.45) is 0. The summed E-state index contributed by atoms with van der Waals surface area (Å²) in [5.74, 6) is 0. The van der Waals surface area contributed by atoms with Crippen molar-refractivity contribution in [2.75, 3.05) is 0 Å². The van der Waals surface area contributed by atoms with Crippen LogP contribution in [0.3, 0.4) is 0 Å². The number of benzene rings is 10. The molecule has 0 bridgehead atoms. The van der Waals surface area contributed by atoms with Crippen LogP contribution in [-0.4, -0.2) is 14.1 Å². The molecule has 3 heterocycles. The molecule has 13 aromatic rings. The summed E-state index contributed by atoms with van der Waals surface area (Å²) in [6.45, 7) is 8.70. The van der Waals surface area contributed by atoms with Gasteiger partial charge < -0.3 is 9.13 Å². The maximum absolute atomic E-state index is 11.9. The van der Waals surface area contributed by atoms with E-state index >= 15 is 0 Å². The Bertz CT molecular complexity index is 3990. The second kappa shape index (κ2) is 17.9. The predicted molar refractivity (Wildman–Crippen MR) is 309 cm³/mol. The number of aryl methyl sites for hydroxylation is 4. The number of fused-ring (bicyclic) bond motifs is 6. The first-order chi connectivity index (χ1) is 36.3. The normalized spacial score (nSPS) is 11.5. The maximum atomic E-state index is 11.9. The largest absolute Gasteiger partial charge is 0.308 e. The van der Waals surface area contributed by atoms with E-state index in [0.717, 1.165) is 99.8 Å². The van der Waals surface area contributed by atoms with Crippen molar-refractivity contribution in [3.8, 4) is 84.5 Å². The Hall–Kier alpha value is -9.56. The summed E-state index contributed by atoms with van der Waals surface area (Å²) in [5.41, 5.74) is 24.0. The minimum Gasteiger partial charge on any atom is -0.308 e. The molecule has 0 saturated heterocycles. The van der Waals surface area contributed by atoms with E-state index in [1.54, 1.807) is 0 Å². The van der Waals surface area contributed by atoms with Gasteiger partial charge in [0.25, 0.3) is 0 Å². The molecule has 0 aliphatic rings. The van der Waals surface area contributed by atoms with Gasteiger partial charge in [0.1, 0.15) is 11.6 Å². The highest BCUT2D eigenvalue weighted by atomic mass is 15.0. The summed E-state index contributed by atoms with van der Waals surface area (Å²) in [4.78, 5) is 5.38. The fourth-order valence-electron chi connectivity index (χ4n) is 11.4. The molecule has 350 valence electrons. The Labute approximate surface area is 431 Å². The first-order valence-electron chi connectivity index (χ1n) is 25.3. The number of nitrogens with zero attached hydrogens (tertiary/aromatic N) is 4. The number of pyridine rings is 1. The molecule has 13 rings (SSSR count). The Morgan fingerprint density at radius 3 is 0.973 bits per heavy atom. The number of hydrogen-bond acceptors (Lipinski definition) is 2. The lowest BCUT2D eigenvalue weighted by atomic mass is 9.97. The van der Waals surface area contributed by atoms with Gasteiger partial charge in [0.15, 0.2) is 0 Å². The molecule has 0 unspecified atom stereocenters. The Morgan fingerprint density at radius 2 is 0.635 bits per heavy atom. The summed E-state index contributed by atoms with van der Waals surface area (Å²) < 4.78 is 4.64. The zero-order valence-corrected chi connectivity index (χ0v) is 41.7. The van der Waals surface area contributed by atoms with Crippen LogP contribution in [0.15, 0.2) is 231 Å². The van der Waals surface area contributed by atoms with E-state index in [1.807, 2.05) is 6.07 Å². The van der Waals surface area contributed by atoms with Gasteiger partial charge in [-0.2, -0.15) is 5.26 Å². The fourth-order valence-corrected chi connectivity index (χ4v) is 11.4. The zero-order chi connectivity index (χ0) is 50.0. The van der Waals surface area contributed by atoms with Gasteiger partial charge in [0.05, 0.1) is 44.8 Å². The summed E-state index contributed by atoms with van der Waals surface area (Å²) in [7, 11) is 0. The van der Waals surface area contributed by atoms with Crippen molar-refractivity contribution in [1.82, 2.24) is 14.1 Å². The quantitative estimate of drug-likeness (QED) is 0.152. The van der Waals surface area contributed by atoms with Crippen LogP contribution >= 0.6 is 0 Å². The van der Waals surface area contributed by atoms with Gasteiger partial charge in [-0.15, -0.1) is 0 Å². The molecule has 10 aromatic carbocycles. The van der Waals surface area contributed by atoms with E-state index in [2.05, 4.69) is 267 Å². The van der Waals surface area contributed by atoms with Gasteiger partial charge in [0, 0.05) is 32.7 Å². The van der Waals surface area contributed by atoms with E-state index < -0.39 is 0 Å². The predicted octanol–water partition coefficient (Wildman–Crippen LogP) is 18.4. The van der Waals surface area contributed by atoms with E-state index in [-0.39, 0.29) is 0 Å². The molecule has 0 aliphatic heterocycles. The summed E-state index contributed by atoms with van der Waals surface area (Å²) in [5, 5.41) is 16.4. The van der Waals surface area contributed by atoms with Crippen LogP contribution < -0.4 is 0 Å². The van der Waals surface area contributed by atoms with Gasteiger partial charge >= 0.3 is 0 Å². The fraction of sp³-hybridized carbons (Fsp3) is 0.0571. The monoisotopic (exact) mass is 946 g/mol. The molecule has 0 fully saturated rings. The first-order valence-corrected chi connectivity index (χ1v) is 25.3. The lowest BCUT2D eigenvalue weighted by Gasteiger charge is -2.19. The lowest BCUT2D eigenvalue weighted by Crippen LogP contribution is -2.05. The molecule has 0 atom stereocenters. The Kier molecular flexibility index (Phi) is 10.8. The smallest absolute Gasteiger partial charge is 0.104 e. The van der Waals surface area contributed by atoms with Crippen LogP contribution in [0.25, 0.3) is 122 Å². The van der Waals surface area contributed by atoms with Crippen molar-refractivity contribution in [2.24, 2.45) is 0 Å². The minimum absolute atomic E-state index is 0.558. The summed E-state index contributed by atoms with van der Waals surface area (Å²) in [6, 6.07) is 85.4. The maximum Gasteiger partial charge on any atom is 0.104 e. The lowest BCUT2D eigenvalue weighted by molar-refractivity contribution is 1.12. The van der Waals surface area contributed by atoms with Gasteiger partial charge in [-0.3, -0.25) is 0 Å². The highest BCUT2D eigenvalue weighted by Crippen LogP contribution is 2.44. The molecule has 0 aliphatic carbocycles. The SMILES string of the molecule is Cc1ccccc1-c1ccc2c(c1)c1cc(-c3ccccc3C)ccc1n2-c1cc(-c2cccc(-c3ccccc3)n2)cc(-n2c3ccc(-c4ccccc4C)cc3c3cc(-c4ccccc4C)ccc32)c1C#N. The van der Waals surface area contributed by atoms with E-state index in [0.29, 0.717) is 5.56 Å². The van der Waals surface area contributed by atoms with Crippen LogP contribution in [0, 0.1) is 39.0 Å². The van der Waals surface area contributed by atoms with Gasteiger partial charge in [-0.05, 0) is 167 Å². The van der Waals surface area contributed by atoms with Crippen LogP contribution in [0.5, 0.6) is 0 Å². The average molecular weight is 947 g/mol. The third kappa shape index (κ3) is 7.40. The van der Waals surface area contributed by atoms with Crippen molar-refractivity contribution in [1.29, 1.82) is 5.26 Å². The first kappa shape index (κ1) is 44.4. The van der Waals surface area contributed by atoms with Gasteiger partial charge in [0.2, 0.25) is 0 Å². The van der Waals surface area contributed by atoms with E-state index in [4.69, 9.17) is 4.98 Å². The molecule has 0 N–H and O–H groups in total. The van der Waals surface area contributed by atoms with Crippen molar-refractivity contribution in [3.05, 3.63) is 258 Å². The molecule has 0 amide bonds. The Morgan fingerprint density at radius 1 is 0.311 bits per heavy atom. The number of aromatic nitrogens is 3. The van der Waals surface area contributed by atoms with E-state index in [1.165, 1.54) is 44.5 Å². The molecule has 0 radical (unpaired) electrons. The number of nitriles is 1. The third-order valence-electron chi connectivity index (χ3n) is 15.2. The van der Waals surface area contributed by atoms with Crippen molar-refractivity contribution in [3.63, 3.8) is 0 Å². The molecule has 4 nitrogen and oxygen atoms in total. The molecule has 4 heteroatoms. The topological polar surface area (TPSA) is 46.5 Å². The van der Waals surface area contributed by atoms with Crippen molar-refractivity contribution in [2.45, 2.75) is 27.7 Å². The molecular formula is C70H50N4. The second-order valence-electron chi connectivity index (χ2n) is 19.6. The number of hydrogen-bond donors (Lipinski definition) is 0. The van der Waals surface area contributed by atoms with Crippen molar-refractivity contribution < 1.29 is 0 Å². The van der Waals surface area contributed by atoms with Crippen LogP contribution in [-0.2, 0) is 0 Å². The van der Waals surface area contributed by atoms with Crippen molar-refractivity contribution >= 4 is 43.6 Å². The molecule has 3 aromatic heterocycles. The standard InChI is InChI=1S/C70H50N4/c1-44-17-8-12-23-54(44)49-29-33-65-58(37-49)59-38-50(55-24-13-9-18-45(55)2)30-34-66(59)73(65)69-41-53(64-28-16-27-63(72-64)48-21-6-5-7-22-48)42-70(62(69)43-71)74-67-35-31-51(56-25-14-10-19-46(56)3)39-60(67)61-40-52(32-36-68(61)74)57-26-15-11-20-47(57)4/h5-42H,1-4H3. The van der Waals surface area contributed by atoms with Gasteiger partial charge in [-0.25, -0.2) is 4.98 Å².